The quantitative estimate of drug-likeness (QED) is 0.569. The van der Waals surface area contributed by atoms with E-state index in [1.54, 1.807) is 6.08 Å². The second kappa shape index (κ2) is 5.27. The highest BCUT2D eigenvalue weighted by Crippen LogP contribution is 2.24. The number of nitriles is 1. The van der Waals surface area contributed by atoms with E-state index in [-0.39, 0.29) is 0 Å². The van der Waals surface area contributed by atoms with Gasteiger partial charge < -0.3 is 4.98 Å². The van der Waals surface area contributed by atoms with Crippen molar-refractivity contribution >= 4 is 39.9 Å². The van der Waals surface area contributed by atoms with Gasteiger partial charge in [-0.2, -0.15) is 5.26 Å². The van der Waals surface area contributed by atoms with E-state index in [2.05, 4.69) is 21.0 Å². The maximum atomic E-state index is 9.52. The average Bonchev–Trinajstić information content (AvgIpc) is 3.13. The van der Waals surface area contributed by atoms with Gasteiger partial charge in [-0.15, -0.1) is 0 Å². The molecule has 0 radical (unpaired) electrons. The fourth-order valence-electron chi connectivity index (χ4n) is 2.49. The Morgan fingerprint density at radius 3 is 2.83 bits per heavy atom. The van der Waals surface area contributed by atoms with Crippen LogP contribution in [0.25, 0.3) is 28.3 Å². The van der Waals surface area contributed by atoms with Gasteiger partial charge in [-0.3, -0.25) is 4.40 Å². The Hall–Kier alpha value is -3.10. The monoisotopic (exact) mass is 319 g/mol. The highest BCUT2D eigenvalue weighted by atomic mass is 35.5. The standard InChI is InChI=1S/C17H10ClN5/c18-16-14(23-8-4-3-7-15(23)22-16)9-11(10-19)17-20-12-5-1-2-6-13(12)21-17/h1-9H,(H,20,21)/b11-9+. The summed E-state index contributed by atoms with van der Waals surface area (Å²) in [5.41, 5.74) is 3.47. The zero-order valence-electron chi connectivity index (χ0n) is 11.9. The Balaban J connectivity index is 1.90. The van der Waals surface area contributed by atoms with Crippen molar-refractivity contribution < 1.29 is 0 Å². The van der Waals surface area contributed by atoms with Gasteiger partial charge in [0.15, 0.2) is 5.15 Å². The lowest BCUT2D eigenvalue weighted by Crippen LogP contribution is -1.89. The van der Waals surface area contributed by atoms with Crippen LogP contribution in [-0.4, -0.2) is 19.4 Å². The van der Waals surface area contributed by atoms with Crippen LogP contribution in [0, 0.1) is 11.3 Å². The second-order valence-corrected chi connectivity index (χ2v) is 5.35. The molecular weight excluding hydrogens is 310 g/mol. The molecule has 1 N–H and O–H groups in total. The number of H-pyrrole nitrogens is 1. The van der Waals surface area contributed by atoms with Crippen LogP contribution in [0.1, 0.15) is 11.5 Å². The van der Waals surface area contributed by atoms with Crippen LogP contribution in [0.4, 0.5) is 0 Å². The summed E-state index contributed by atoms with van der Waals surface area (Å²) >= 11 is 6.22. The molecule has 110 valence electrons. The zero-order valence-corrected chi connectivity index (χ0v) is 12.6. The van der Waals surface area contributed by atoms with E-state index in [1.165, 1.54) is 0 Å². The summed E-state index contributed by atoms with van der Waals surface area (Å²) in [7, 11) is 0. The molecule has 0 bridgehead atoms. The van der Waals surface area contributed by atoms with Gasteiger partial charge in [0.1, 0.15) is 17.5 Å². The minimum atomic E-state index is 0.347. The molecule has 23 heavy (non-hydrogen) atoms. The summed E-state index contributed by atoms with van der Waals surface area (Å²) in [5.74, 6) is 0.510. The van der Waals surface area contributed by atoms with E-state index in [9.17, 15) is 5.26 Å². The van der Waals surface area contributed by atoms with Crippen LogP contribution in [0.5, 0.6) is 0 Å². The molecular formula is C17H10ClN5. The molecule has 0 aliphatic heterocycles. The third kappa shape index (κ3) is 2.26. The minimum absolute atomic E-state index is 0.347. The van der Waals surface area contributed by atoms with Crippen molar-refractivity contribution in [3.63, 3.8) is 0 Å². The lowest BCUT2D eigenvalue weighted by Gasteiger charge is -1.97. The number of nitrogens with one attached hydrogen (secondary N) is 1. The number of nitrogens with zero attached hydrogens (tertiary/aromatic N) is 4. The Kier molecular flexibility index (Phi) is 3.11. The van der Waals surface area contributed by atoms with Gasteiger partial charge in [0.2, 0.25) is 0 Å². The maximum Gasteiger partial charge on any atom is 0.155 e. The lowest BCUT2D eigenvalue weighted by atomic mass is 10.2. The number of hydrogen-bond donors (Lipinski definition) is 1. The van der Waals surface area contributed by atoms with Crippen molar-refractivity contribution in [3.05, 3.63) is 65.3 Å². The van der Waals surface area contributed by atoms with Crippen molar-refractivity contribution in [1.82, 2.24) is 19.4 Å². The van der Waals surface area contributed by atoms with Crippen molar-refractivity contribution in [2.45, 2.75) is 0 Å². The SMILES string of the molecule is N#C/C(=C\c1c(Cl)nc2ccccn12)c1nc2ccccc2[nH]1. The lowest BCUT2D eigenvalue weighted by molar-refractivity contribution is 1.17. The minimum Gasteiger partial charge on any atom is -0.337 e. The molecule has 4 rings (SSSR count). The highest BCUT2D eigenvalue weighted by Gasteiger charge is 2.12. The van der Waals surface area contributed by atoms with Gasteiger partial charge in [0, 0.05) is 6.20 Å². The number of allylic oxidation sites excluding steroid dienone is 1. The first-order valence-electron chi connectivity index (χ1n) is 6.96. The number of para-hydroxylation sites is 2. The molecule has 0 aliphatic carbocycles. The maximum absolute atomic E-state index is 9.52. The normalized spacial score (nSPS) is 11.9. The smallest absolute Gasteiger partial charge is 0.155 e. The van der Waals surface area contributed by atoms with E-state index in [4.69, 9.17) is 11.6 Å². The van der Waals surface area contributed by atoms with E-state index < -0.39 is 0 Å². The third-order valence-electron chi connectivity index (χ3n) is 3.57. The predicted octanol–water partition coefficient (Wildman–Crippen LogP) is 3.93. The summed E-state index contributed by atoms with van der Waals surface area (Å²) in [6, 6.07) is 15.4. The van der Waals surface area contributed by atoms with E-state index >= 15 is 0 Å². The van der Waals surface area contributed by atoms with Gasteiger partial charge in [0.05, 0.1) is 22.3 Å². The number of aromatic nitrogens is 4. The van der Waals surface area contributed by atoms with E-state index in [0.717, 1.165) is 16.7 Å². The summed E-state index contributed by atoms with van der Waals surface area (Å²) in [6.45, 7) is 0. The molecule has 3 aromatic heterocycles. The van der Waals surface area contributed by atoms with Gasteiger partial charge >= 0.3 is 0 Å². The van der Waals surface area contributed by atoms with E-state index in [0.29, 0.717) is 22.2 Å². The number of fused-ring (bicyclic) bond motifs is 2. The first-order chi connectivity index (χ1) is 11.3. The second-order valence-electron chi connectivity index (χ2n) is 4.99. The van der Waals surface area contributed by atoms with Gasteiger partial charge in [-0.25, -0.2) is 9.97 Å². The van der Waals surface area contributed by atoms with Crippen LogP contribution in [0.15, 0.2) is 48.7 Å². The summed E-state index contributed by atoms with van der Waals surface area (Å²) in [6.07, 6.45) is 3.55. The molecule has 0 unspecified atom stereocenters. The summed E-state index contributed by atoms with van der Waals surface area (Å²) in [4.78, 5) is 11.9. The number of pyridine rings is 1. The topological polar surface area (TPSA) is 69.8 Å². The van der Waals surface area contributed by atoms with Crippen LogP contribution in [-0.2, 0) is 0 Å². The van der Waals surface area contributed by atoms with Gasteiger partial charge in [-0.05, 0) is 30.3 Å². The molecule has 0 aliphatic rings. The van der Waals surface area contributed by atoms with Gasteiger partial charge in [0.25, 0.3) is 0 Å². The molecule has 3 heterocycles. The molecule has 0 atom stereocenters. The van der Waals surface area contributed by atoms with Crippen LogP contribution < -0.4 is 0 Å². The molecule has 6 heteroatoms. The number of rotatable bonds is 2. The van der Waals surface area contributed by atoms with Crippen molar-refractivity contribution in [3.8, 4) is 6.07 Å². The molecule has 1 aromatic carbocycles. The number of aromatic amines is 1. The first kappa shape index (κ1) is 13.6. The molecule has 0 saturated heterocycles. The zero-order chi connectivity index (χ0) is 15.8. The first-order valence-corrected chi connectivity index (χ1v) is 7.33. The molecule has 4 aromatic rings. The Bertz CT molecular complexity index is 1060. The molecule has 0 spiro atoms. The average molecular weight is 320 g/mol. The molecule has 0 saturated carbocycles. The number of benzene rings is 1. The molecule has 0 amide bonds. The van der Waals surface area contributed by atoms with Crippen molar-refractivity contribution in [2.75, 3.05) is 0 Å². The molecule has 5 nitrogen and oxygen atoms in total. The van der Waals surface area contributed by atoms with Crippen LogP contribution in [0.2, 0.25) is 5.15 Å². The molecule has 0 fully saturated rings. The number of halogens is 1. The van der Waals surface area contributed by atoms with Crippen LogP contribution >= 0.6 is 11.6 Å². The fourth-order valence-corrected chi connectivity index (χ4v) is 2.72. The number of hydrogen-bond acceptors (Lipinski definition) is 3. The van der Waals surface area contributed by atoms with Crippen molar-refractivity contribution in [1.29, 1.82) is 5.26 Å². The fraction of sp³-hybridized carbons (Fsp3) is 0. The summed E-state index contributed by atoms with van der Waals surface area (Å²) in [5, 5.41) is 9.86. The van der Waals surface area contributed by atoms with Gasteiger partial charge in [-0.1, -0.05) is 29.8 Å². The largest absolute Gasteiger partial charge is 0.337 e. The Labute approximate surface area is 136 Å². The number of imidazole rings is 2. The Morgan fingerprint density at radius 1 is 1.17 bits per heavy atom. The van der Waals surface area contributed by atoms with E-state index in [1.807, 2.05) is 53.1 Å². The third-order valence-corrected chi connectivity index (χ3v) is 3.85. The predicted molar refractivity (Wildman–Crippen MR) is 89.8 cm³/mol. The highest BCUT2D eigenvalue weighted by molar-refractivity contribution is 6.31. The Morgan fingerprint density at radius 2 is 2.00 bits per heavy atom. The summed E-state index contributed by atoms with van der Waals surface area (Å²) < 4.78 is 1.84. The van der Waals surface area contributed by atoms with Crippen LogP contribution in [0.3, 0.4) is 0 Å². The van der Waals surface area contributed by atoms with Crippen molar-refractivity contribution in [2.24, 2.45) is 0 Å².